The smallest absolute Gasteiger partial charge is 0.343 e. The van der Waals surface area contributed by atoms with Crippen LogP contribution in [0.2, 0.25) is 0 Å². The molecule has 0 saturated heterocycles. The zero-order valence-electron chi connectivity index (χ0n) is 21.4. The number of benzene rings is 2. The van der Waals surface area contributed by atoms with Gasteiger partial charge in [-0.15, -0.1) is 0 Å². The van der Waals surface area contributed by atoms with Crippen LogP contribution in [0.5, 0.6) is 5.75 Å². The summed E-state index contributed by atoms with van der Waals surface area (Å²) >= 11 is 1.75. The summed E-state index contributed by atoms with van der Waals surface area (Å²) in [7, 11) is 0. The fraction of sp³-hybridized carbons (Fsp3) is 0.333. The molecule has 4 atom stereocenters. The number of carbonyl (C=O) groups is 2. The van der Waals surface area contributed by atoms with E-state index in [1.54, 1.807) is 36.5 Å². The summed E-state index contributed by atoms with van der Waals surface area (Å²) in [6, 6.07) is 17.7. The highest BCUT2D eigenvalue weighted by Gasteiger charge is 2.53. The van der Waals surface area contributed by atoms with Crippen molar-refractivity contribution < 1.29 is 14.3 Å². The van der Waals surface area contributed by atoms with Gasteiger partial charge in [-0.2, -0.15) is 11.3 Å². The topological polar surface area (TPSA) is 43.4 Å². The zero-order chi connectivity index (χ0) is 25.6. The predicted molar refractivity (Wildman–Crippen MR) is 149 cm³/mol. The van der Waals surface area contributed by atoms with Crippen LogP contribution in [-0.2, 0) is 11.2 Å². The number of ether oxygens (including phenoxy) is 1. The zero-order valence-corrected chi connectivity index (χ0v) is 22.2. The van der Waals surface area contributed by atoms with Crippen LogP contribution in [0.4, 0.5) is 0 Å². The van der Waals surface area contributed by atoms with Gasteiger partial charge in [0.05, 0.1) is 5.56 Å². The quantitative estimate of drug-likeness (QED) is 0.199. The first kappa shape index (κ1) is 24.1. The van der Waals surface area contributed by atoms with E-state index in [4.69, 9.17) is 4.74 Å². The van der Waals surface area contributed by atoms with Crippen molar-refractivity contribution >= 4 is 28.7 Å². The minimum atomic E-state index is -0.313. The molecule has 1 aromatic heterocycles. The van der Waals surface area contributed by atoms with Gasteiger partial charge in [-0.05, 0) is 137 Å². The third kappa shape index (κ3) is 4.31. The van der Waals surface area contributed by atoms with Gasteiger partial charge in [0.1, 0.15) is 5.75 Å². The monoisotopic (exact) mass is 508 g/mol. The van der Waals surface area contributed by atoms with Gasteiger partial charge in [-0.1, -0.05) is 37.3 Å². The lowest BCUT2D eigenvalue weighted by Gasteiger charge is -2.50. The number of hydrogen-bond acceptors (Lipinski definition) is 4. The second-order valence-electron chi connectivity index (χ2n) is 11.0. The van der Waals surface area contributed by atoms with Crippen molar-refractivity contribution in [3.8, 4) is 5.75 Å². The summed E-state index contributed by atoms with van der Waals surface area (Å²) in [6.45, 7) is 4.10. The Kier molecular flexibility index (Phi) is 6.24. The van der Waals surface area contributed by atoms with E-state index >= 15 is 0 Å². The van der Waals surface area contributed by atoms with E-state index < -0.39 is 0 Å². The van der Waals surface area contributed by atoms with Crippen molar-refractivity contribution in [2.45, 2.75) is 51.9 Å². The number of aryl methyl sites for hydroxylation is 1. The van der Waals surface area contributed by atoms with Crippen molar-refractivity contribution in [3.63, 3.8) is 0 Å². The molecule has 0 spiro atoms. The van der Waals surface area contributed by atoms with Crippen LogP contribution in [0, 0.1) is 17.3 Å². The molecule has 0 bridgehead atoms. The average molecular weight is 509 g/mol. The molecule has 0 radical (unpaired) electrons. The van der Waals surface area contributed by atoms with Crippen LogP contribution < -0.4 is 4.74 Å². The van der Waals surface area contributed by atoms with E-state index in [2.05, 4.69) is 42.0 Å². The summed E-state index contributed by atoms with van der Waals surface area (Å²) in [5.74, 6) is 2.13. The van der Waals surface area contributed by atoms with Gasteiger partial charge in [0, 0.05) is 0 Å². The van der Waals surface area contributed by atoms with Crippen LogP contribution in [-0.4, -0.2) is 11.8 Å². The summed E-state index contributed by atoms with van der Waals surface area (Å²) in [5.41, 5.74) is 7.58. The van der Waals surface area contributed by atoms with Crippen LogP contribution in [0.25, 0.3) is 5.57 Å². The standard InChI is InChI=1S/C33H32O3S/c1-21(34)8-9-24-19-30-29-12-10-23-18-26(36-32(35)22-6-4-3-5-7-22)11-13-27(23)28(29)14-16-33(30,2)31(24)25-15-17-37-20-25/h3-9,11,13,15,17-18,20,28-30H,10,12,14,16,19H2,1-2H3/b9-8+. The summed E-state index contributed by atoms with van der Waals surface area (Å²) in [4.78, 5) is 24.4. The van der Waals surface area contributed by atoms with Crippen LogP contribution in [0.15, 0.2) is 83.1 Å². The molecule has 4 heteroatoms. The number of fused-ring (bicyclic) bond motifs is 5. The molecule has 1 fully saturated rings. The van der Waals surface area contributed by atoms with Crippen LogP contribution in [0.1, 0.15) is 72.5 Å². The molecule has 0 N–H and O–H groups in total. The number of hydrogen-bond donors (Lipinski definition) is 0. The highest BCUT2D eigenvalue weighted by atomic mass is 32.1. The maximum absolute atomic E-state index is 12.6. The Balaban J connectivity index is 1.27. The Morgan fingerprint density at radius 2 is 1.92 bits per heavy atom. The first-order valence-electron chi connectivity index (χ1n) is 13.3. The Morgan fingerprint density at radius 1 is 1.08 bits per heavy atom. The summed E-state index contributed by atoms with van der Waals surface area (Å²) in [6.07, 6.45) is 9.33. The van der Waals surface area contributed by atoms with E-state index in [1.165, 1.54) is 27.8 Å². The van der Waals surface area contributed by atoms with Crippen molar-refractivity contribution in [3.05, 3.63) is 105 Å². The molecule has 3 nitrogen and oxygen atoms in total. The molecule has 3 aliphatic carbocycles. The molecule has 4 unspecified atom stereocenters. The normalized spacial score (nSPS) is 26.5. The maximum atomic E-state index is 12.6. The van der Waals surface area contributed by atoms with Gasteiger partial charge >= 0.3 is 5.97 Å². The lowest BCUT2D eigenvalue weighted by Crippen LogP contribution is -2.40. The van der Waals surface area contributed by atoms with Crippen LogP contribution in [0.3, 0.4) is 0 Å². The molecule has 3 aromatic rings. The van der Waals surface area contributed by atoms with Crippen molar-refractivity contribution in [1.29, 1.82) is 0 Å². The van der Waals surface area contributed by atoms with E-state index in [0.29, 0.717) is 29.1 Å². The number of esters is 1. The molecule has 0 aliphatic heterocycles. The fourth-order valence-corrected chi connectivity index (χ4v) is 8.01. The number of thiophene rings is 1. The molecule has 1 heterocycles. The van der Waals surface area contributed by atoms with Crippen molar-refractivity contribution in [1.82, 2.24) is 0 Å². The Bertz CT molecular complexity index is 1400. The molecular weight excluding hydrogens is 476 g/mol. The lowest BCUT2D eigenvalue weighted by molar-refractivity contribution is -0.112. The number of allylic oxidation sites excluding steroid dienone is 4. The fourth-order valence-electron chi connectivity index (χ4n) is 7.37. The second-order valence-corrected chi connectivity index (χ2v) is 11.8. The van der Waals surface area contributed by atoms with Crippen molar-refractivity contribution in [2.24, 2.45) is 17.3 Å². The second kappa shape index (κ2) is 9.57. The minimum absolute atomic E-state index is 0.102. The van der Waals surface area contributed by atoms with Gasteiger partial charge < -0.3 is 4.74 Å². The molecule has 3 aliphatic rings. The molecule has 188 valence electrons. The highest BCUT2D eigenvalue weighted by molar-refractivity contribution is 7.08. The van der Waals surface area contributed by atoms with E-state index in [-0.39, 0.29) is 17.2 Å². The van der Waals surface area contributed by atoms with E-state index in [1.807, 2.05) is 24.3 Å². The molecule has 6 rings (SSSR count). The Morgan fingerprint density at radius 3 is 2.68 bits per heavy atom. The third-order valence-corrected chi connectivity index (χ3v) is 9.65. The molecular formula is C33H32O3S. The molecule has 2 aromatic carbocycles. The Labute approximate surface area is 222 Å². The lowest BCUT2D eigenvalue weighted by atomic mass is 9.54. The SMILES string of the molecule is CC(=O)/C=C/C1=C(c2ccsc2)C2(C)CCC3c4ccc(OC(=O)c5ccccc5)cc4CCC3C2C1. The maximum Gasteiger partial charge on any atom is 0.343 e. The van der Waals surface area contributed by atoms with Crippen LogP contribution >= 0.6 is 11.3 Å². The molecule has 1 saturated carbocycles. The van der Waals surface area contributed by atoms with E-state index in [0.717, 1.165) is 32.1 Å². The Hall–Kier alpha value is -3.24. The number of carbonyl (C=O) groups excluding carboxylic acids is 2. The first-order chi connectivity index (χ1) is 17.9. The highest BCUT2D eigenvalue weighted by Crippen LogP contribution is 2.65. The van der Waals surface area contributed by atoms with E-state index in [9.17, 15) is 9.59 Å². The summed E-state index contributed by atoms with van der Waals surface area (Å²) < 4.78 is 5.72. The summed E-state index contributed by atoms with van der Waals surface area (Å²) in [5, 5.41) is 4.43. The van der Waals surface area contributed by atoms with Gasteiger partial charge in [0.25, 0.3) is 0 Å². The number of rotatable bonds is 5. The van der Waals surface area contributed by atoms with Gasteiger partial charge in [0.15, 0.2) is 5.78 Å². The largest absolute Gasteiger partial charge is 0.423 e. The van der Waals surface area contributed by atoms with Gasteiger partial charge in [-0.25, -0.2) is 4.79 Å². The average Bonchev–Trinajstić information content (AvgIpc) is 3.53. The van der Waals surface area contributed by atoms with Gasteiger partial charge in [0.2, 0.25) is 0 Å². The number of ketones is 1. The third-order valence-electron chi connectivity index (χ3n) is 8.97. The minimum Gasteiger partial charge on any atom is -0.423 e. The molecule has 37 heavy (non-hydrogen) atoms. The van der Waals surface area contributed by atoms with Gasteiger partial charge in [-0.3, -0.25) is 4.79 Å². The van der Waals surface area contributed by atoms with Crippen molar-refractivity contribution in [2.75, 3.05) is 0 Å². The predicted octanol–water partition coefficient (Wildman–Crippen LogP) is 8.03. The first-order valence-corrected chi connectivity index (χ1v) is 14.2. The molecule has 0 amide bonds.